The van der Waals surface area contributed by atoms with Crippen LogP contribution in [0.4, 0.5) is 0 Å². The molecule has 0 bridgehead atoms. The minimum Gasteiger partial charge on any atom is -0.340 e. The Morgan fingerprint density at radius 1 is 1.42 bits per heavy atom. The van der Waals surface area contributed by atoms with Gasteiger partial charge < -0.3 is 4.52 Å². The predicted molar refractivity (Wildman–Crippen MR) is 72.1 cm³/mol. The standard InChI is InChI=1S/C11H12BrN3O3S/c1-8-14-11(15-18-8)5-6-13-19(16,17)10-4-2-3-9(12)7-10/h2-4,7,13H,5-6H2,1H3. The van der Waals surface area contributed by atoms with E-state index in [0.717, 1.165) is 0 Å². The first-order valence-electron chi connectivity index (χ1n) is 5.52. The van der Waals surface area contributed by atoms with Crippen LogP contribution >= 0.6 is 15.9 Å². The molecular formula is C11H12BrN3O3S. The van der Waals surface area contributed by atoms with Gasteiger partial charge in [-0.2, -0.15) is 4.98 Å². The van der Waals surface area contributed by atoms with E-state index in [1.54, 1.807) is 25.1 Å². The lowest BCUT2D eigenvalue weighted by atomic mass is 10.4. The third-order valence-electron chi connectivity index (χ3n) is 2.32. The normalized spacial score (nSPS) is 11.7. The van der Waals surface area contributed by atoms with E-state index in [0.29, 0.717) is 22.6 Å². The highest BCUT2D eigenvalue weighted by Crippen LogP contribution is 2.15. The van der Waals surface area contributed by atoms with Gasteiger partial charge in [0.15, 0.2) is 5.82 Å². The van der Waals surface area contributed by atoms with Crippen LogP contribution in [0.15, 0.2) is 38.2 Å². The van der Waals surface area contributed by atoms with Crippen LogP contribution in [0.3, 0.4) is 0 Å². The van der Waals surface area contributed by atoms with Crippen LogP contribution in [-0.4, -0.2) is 25.1 Å². The number of aromatic nitrogens is 2. The first-order valence-corrected chi connectivity index (χ1v) is 7.79. The van der Waals surface area contributed by atoms with Gasteiger partial charge in [0.1, 0.15) is 0 Å². The molecule has 19 heavy (non-hydrogen) atoms. The summed E-state index contributed by atoms with van der Waals surface area (Å²) in [6, 6.07) is 6.51. The van der Waals surface area contributed by atoms with E-state index in [9.17, 15) is 8.42 Å². The molecule has 0 atom stereocenters. The highest BCUT2D eigenvalue weighted by molar-refractivity contribution is 9.10. The van der Waals surface area contributed by atoms with Gasteiger partial charge in [0.2, 0.25) is 15.9 Å². The zero-order valence-electron chi connectivity index (χ0n) is 10.1. The number of hydrogen-bond donors (Lipinski definition) is 1. The van der Waals surface area contributed by atoms with Crippen molar-refractivity contribution in [1.29, 1.82) is 0 Å². The number of sulfonamides is 1. The topological polar surface area (TPSA) is 85.1 Å². The molecule has 0 saturated carbocycles. The van der Waals surface area contributed by atoms with Crippen LogP contribution in [0.25, 0.3) is 0 Å². The molecule has 0 fully saturated rings. The van der Waals surface area contributed by atoms with E-state index < -0.39 is 10.0 Å². The van der Waals surface area contributed by atoms with Crippen molar-refractivity contribution < 1.29 is 12.9 Å². The fraction of sp³-hybridized carbons (Fsp3) is 0.273. The summed E-state index contributed by atoms with van der Waals surface area (Å²) in [5.74, 6) is 0.944. The van der Waals surface area contributed by atoms with E-state index in [1.165, 1.54) is 6.07 Å². The summed E-state index contributed by atoms with van der Waals surface area (Å²) in [5, 5.41) is 3.69. The average molecular weight is 346 g/mol. The van der Waals surface area contributed by atoms with Crippen LogP contribution in [0.2, 0.25) is 0 Å². The molecule has 0 aliphatic carbocycles. The Bertz CT molecular complexity index is 669. The van der Waals surface area contributed by atoms with Crippen molar-refractivity contribution in [2.45, 2.75) is 18.2 Å². The number of hydrogen-bond acceptors (Lipinski definition) is 5. The number of benzene rings is 1. The van der Waals surface area contributed by atoms with Gasteiger partial charge in [0.25, 0.3) is 0 Å². The van der Waals surface area contributed by atoms with Crippen LogP contribution in [0, 0.1) is 6.92 Å². The fourth-order valence-electron chi connectivity index (χ4n) is 1.46. The molecule has 0 amide bonds. The van der Waals surface area contributed by atoms with Gasteiger partial charge in [0, 0.05) is 24.4 Å². The quantitative estimate of drug-likeness (QED) is 0.890. The van der Waals surface area contributed by atoms with Crippen molar-refractivity contribution in [2.75, 3.05) is 6.54 Å². The molecule has 102 valence electrons. The zero-order chi connectivity index (χ0) is 13.9. The van der Waals surface area contributed by atoms with E-state index >= 15 is 0 Å². The summed E-state index contributed by atoms with van der Waals surface area (Å²) in [7, 11) is -3.51. The average Bonchev–Trinajstić information content (AvgIpc) is 2.75. The highest BCUT2D eigenvalue weighted by atomic mass is 79.9. The van der Waals surface area contributed by atoms with Gasteiger partial charge in [-0.1, -0.05) is 27.2 Å². The van der Waals surface area contributed by atoms with Crippen LogP contribution in [0.5, 0.6) is 0 Å². The minimum atomic E-state index is -3.51. The molecule has 8 heteroatoms. The largest absolute Gasteiger partial charge is 0.340 e. The van der Waals surface area contributed by atoms with Crippen LogP contribution in [0.1, 0.15) is 11.7 Å². The Hall–Kier alpha value is -1.25. The molecule has 2 aromatic rings. The molecule has 0 aliphatic heterocycles. The van der Waals surface area contributed by atoms with E-state index in [-0.39, 0.29) is 11.4 Å². The zero-order valence-corrected chi connectivity index (χ0v) is 12.5. The van der Waals surface area contributed by atoms with E-state index in [4.69, 9.17) is 4.52 Å². The van der Waals surface area contributed by atoms with Crippen molar-refractivity contribution >= 4 is 26.0 Å². The number of halogens is 1. The lowest BCUT2D eigenvalue weighted by molar-refractivity contribution is 0.387. The van der Waals surface area contributed by atoms with E-state index in [2.05, 4.69) is 30.8 Å². The molecule has 1 N–H and O–H groups in total. The molecule has 0 spiro atoms. The second kappa shape index (κ2) is 5.81. The first-order chi connectivity index (χ1) is 8.97. The lowest BCUT2D eigenvalue weighted by Gasteiger charge is -2.05. The Labute approximate surface area is 119 Å². The molecule has 0 radical (unpaired) electrons. The van der Waals surface area contributed by atoms with Crippen molar-refractivity contribution in [3.05, 3.63) is 40.5 Å². The molecule has 0 aliphatic rings. The van der Waals surface area contributed by atoms with Crippen molar-refractivity contribution in [2.24, 2.45) is 0 Å². The Kier molecular flexibility index (Phi) is 4.33. The predicted octanol–water partition coefficient (Wildman–Crippen LogP) is 1.66. The summed E-state index contributed by atoms with van der Waals surface area (Å²) in [5.41, 5.74) is 0. The number of rotatable bonds is 5. The third-order valence-corrected chi connectivity index (χ3v) is 4.27. The molecule has 0 unspecified atom stereocenters. The molecule has 1 aromatic heterocycles. The molecule has 1 heterocycles. The maximum atomic E-state index is 12.0. The summed E-state index contributed by atoms with van der Waals surface area (Å²) in [4.78, 5) is 4.21. The number of aryl methyl sites for hydroxylation is 1. The molecular weight excluding hydrogens is 334 g/mol. The number of nitrogens with zero attached hydrogens (tertiary/aromatic N) is 2. The monoisotopic (exact) mass is 345 g/mol. The maximum Gasteiger partial charge on any atom is 0.240 e. The smallest absolute Gasteiger partial charge is 0.240 e. The van der Waals surface area contributed by atoms with Gasteiger partial charge >= 0.3 is 0 Å². The van der Waals surface area contributed by atoms with Gasteiger partial charge in [-0.15, -0.1) is 0 Å². The van der Waals surface area contributed by atoms with Crippen LogP contribution in [-0.2, 0) is 16.4 Å². The highest BCUT2D eigenvalue weighted by Gasteiger charge is 2.14. The van der Waals surface area contributed by atoms with Crippen molar-refractivity contribution in [3.8, 4) is 0 Å². The summed E-state index contributed by atoms with van der Waals surface area (Å²) < 4.78 is 32.0. The first kappa shape index (κ1) is 14.2. The second-order valence-electron chi connectivity index (χ2n) is 3.83. The maximum absolute atomic E-state index is 12.0. The molecule has 1 aromatic carbocycles. The SMILES string of the molecule is Cc1nc(CCNS(=O)(=O)c2cccc(Br)c2)no1. The van der Waals surface area contributed by atoms with Crippen molar-refractivity contribution in [1.82, 2.24) is 14.9 Å². The van der Waals surface area contributed by atoms with Crippen LogP contribution < -0.4 is 4.72 Å². The second-order valence-corrected chi connectivity index (χ2v) is 6.52. The third kappa shape index (κ3) is 3.85. The summed E-state index contributed by atoms with van der Waals surface area (Å²) in [6.45, 7) is 1.90. The van der Waals surface area contributed by atoms with Gasteiger partial charge in [-0.3, -0.25) is 0 Å². The Balaban J connectivity index is 1.98. The van der Waals surface area contributed by atoms with Gasteiger partial charge in [0.05, 0.1) is 4.90 Å². The molecule has 6 nitrogen and oxygen atoms in total. The minimum absolute atomic E-state index is 0.214. The fourth-order valence-corrected chi connectivity index (χ4v) is 3.09. The van der Waals surface area contributed by atoms with E-state index in [1.807, 2.05) is 0 Å². The summed E-state index contributed by atoms with van der Waals surface area (Å²) >= 11 is 3.24. The lowest BCUT2D eigenvalue weighted by Crippen LogP contribution is -2.26. The number of nitrogens with one attached hydrogen (secondary N) is 1. The molecule has 2 rings (SSSR count). The Morgan fingerprint density at radius 2 is 2.21 bits per heavy atom. The van der Waals surface area contributed by atoms with Crippen molar-refractivity contribution in [3.63, 3.8) is 0 Å². The Morgan fingerprint density at radius 3 is 2.84 bits per heavy atom. The van der Waals surface area contributed by atoms with Gasteiger partial charge in [-0.25, -0.2) is 13.1 Å². The summed E-state index contributed by atoms with van der Waals surface area (Å²) in [6.07, 6.45) is 0.380. The van der Waals surface area contributed by atoms with Gasteiger partial charge in [-0.05, 0) is 18.2 Å². The molecule has 0 saturated heterocycles.